The summed E-state index contributed by atoms with van der Waals surface area (Å²) in [5.74, 6) is 2.07. The first-order valence-corrected chi connectivity index (χ1v) is 8.64. The summed E-state index contributed by atoms with van der Waals surface area (Å²) in [5.41, 5.74) is 0.329. The topological polar surface area (TPSA) is 33.1 Å². The average Bonchev–Trinajstić information content (AvgIpc) is 3.27. The van der Waals surface area contributed by atoms with Crippen LogP contribution in [0.1, 0.15) is 45.4 Å². The van der Waals surface area contributed by atoms with Crippen molar-refractivity contribution in [1.29, 1.82) is 0 Å². The molecule has 1 N–H and O–H groups in total. The Balaban J connectivity index is 1.67. The minimum absolute atomic E-state index is 0.329. The van der Waals surface area contributed by atoms with E-state index >= 15 is 0 Å². The monoisotopic (exact) mass is 290 g/mol. The fraction of sp³-hybridized carbons (Fsp3) is 0.824. The molecular formula is C17H30N4. The second kappa shape index (κ2) is 6.09. The number of nitrogens with one attached hydrogen (secondary N) is 1. The van der Waals surface area contributed by atoms with Crippen molar-refractivity contribution < 1.29 is 0 Å². The van der Waals surface area contributed by atoms with Gasteiger partial charge in [0.2, 0.25) is 0 Å². The van der Waals surface area contributed by atoms with Crippen LogP contribution in [-0.2, 0) is 6.54 Å². The van der Waals surface area contributed by atoms with E-state index in [2.05, 4.69) is 46.7 Å². The van der Waals surface area contributed by atoms with Gasteiger partial charge in [0.05, 0.1) is 0 Å². The first kappa shape index (κ1) is 15.0. The van der Waals surface area contributed by atoms with Gasteiger partial charge in [0.25, 0.3) is 0 Å². The summed E-state index contributed by atoms with van der Waals surface area (Å²) in [6.07, 6.45) is 9.32. The molecule has 1 saturated heterocycles. The van der Waals surface area contributed by atoms with Gasteiger partial charge in [0, 0.05) is 50.2 Å². The van der Waals surface area contributed by atoms with E-state index in [1.807, 2.05) is 6.20 Å². The highest BCUT2D eigenvalue weighted by Gasteiger charge is 2.42. The van der Waals surface area contributed by atoms with Crippen molar-refractivity contribution in [3.8, 4) is 0 Å². The summed E-state index contributed by atoms with van der Waals surface area (Å²) in [6.45, 7) is 11.3. The lowest BCUT2D eigenvalue weighted by molar-refractivity contribution is 0.0590. The molecule has 2 aliphatic rings. The number of piperazine rings is 1. The van der Waals surface area contributed by atoms with Crippen LogP contribution < -0.4 is 5.32 Å². The maximum Gasteiger partial charge on any atom is 0.105 e. The summed E-state index contributed by atoms with van der Waals surface area (Å²) in [5, 5.41) is 3.88. The van der Waals surface area contributed by atoms with Crippen molar-refractivity contribution in [3.05, 3.63) is 18.2 Å². The highest BCUT2D eigenvalue weighted by Crippen LogP contribution is 2.38. The second-order valence-corrected chi connectivity index (χ2v) is 6.91. The van der Waals surface area contributed by atoms with Crippen molar-refractivity contribution in [1.82, 2.24) is 19.8 Å². The summed E-state index contributed by atoms with van der Waals surface area (Å²) < 4.78 is 2.28. The van der Waals surface area contributed by atoms with Crippen molar-refractivity contribution in [3.63, 3.8) is 0 Å². The molecule has 0 radical (unpaired) electrons. The molecule has 1 saturated carbocycles. The van der Waals surface area contributed by atoms with Crippen LogP contribution in [0.25, 0.3) is 0 Å². The van der Waals surface area contributed by atoms with E-state index < -0.39 is 0 Å². The quantitative estimate of drug-likeness (QED) is 0.873. The Kier molecular flexibility index (Phi) is 4.36. The third-order valence-corrected chi connectivity index (χ3v) is 5.73. The van der Waals surface area contributed by atoms with Crippen LogP contribution >= 0.6 is 0 Å². The van der Waals surface area contributed by atoms with Gasteiger partial charge < -0.3 is 9.88 Å². The predicted molar refractivity (Wildman–Crippen MR) is 86.4 cm³/mol. The maximum absolute atomic E-state index is 4.34. The summed E-state index contributed by atoms with van der Waals surface area (Å²) in [7, 11) is 0. The van der Waals surface area contributed by atoms with Gasteiger partial charge in [-0.3, -0.25) is 4.90 Å². The van der Waals surface area contributed by atoms with Gasteiger partial charge in [-0.2, -0.15) is 0 Å². The normalized spacial score (nSPS) is 26.1. The third-order valence-electron chi connectivity index (χ3n) is 5.73. The highest BCUT2D eigenvalue weighted by atomic mass is 15.3. The minimum atomic E-state index is 0.329. The molecule has 0 spiro atoms. The Hall–Kier alpha value is -0.870. The van der Waals surface area contributed by atoms with Gasteiger partial charge >= 0.3 is 0 Å². The van der Waals surface area contributed by atoms with Crippen LogP contribution in [0.3, 0.4) is 0 Å². The molecule has 1 aromatic heterocycles. The van der Waals surface area contributed by atoms with Gasteiger partial charge in [-0.1, -0.05) is 13.8 Å². The molecule has 3 rings (SSSR count). The molecule has 1 unspecified atom stereocenters. The Labute approximate surface area is 128 Å². The maximum atomic E-state index is 4.34. The number of aromatic nitrogens is 2. The second-order valence-electron chi connectivity index (χ2n) is 6.91. The van der Waals surface area contributed by atoms with E-state index in [0.29, 0.717) is 5.54 Å². The van der Waals surface area contributed by atoms with E-state index in [1.165, 1.54) is 38.8 Å². The standard InChI is InChI=1S/C17H30N4/c1-4-17(5-2)13-21(16(12-19-17)15-6-7-15)11-10-20-9-8-18-14(20)3/h8-9,15-16,19H,4-7,10-13H2,1-3H3. The predicted octanol–water partition coefficient (Wildman–Crippen LogP) is 2.43. The van der Waals surface area contributed by atoms with Gasteiger partial charge in [0.1, 0.15) is 5.82 Å². The van der Waals surface area contributed by atoms with Crippen LogP contribution in [0.5, 0.6) is 0 Å². The van der Waals surface area contributed by atoms with Crippen LogP contribution in [-0.4, -0.2) is 45.7 Å². The van der Waals surface area contributed by atoms with E-state index in [-0.39, 0.29) is 0 Å². The fourth-order valence-corrected chi connectivity index (χ4v) is 3.80. The number of hydrogen-bond donors (Lipinski definition) is 1. The molecule has 4 nitrogen and oxygen atoms in total. The Morgan fingerprint density at radius 3 is 2.62 bits per heavy atom. The van der Waals surface area contributed by atoms with E-state index in [0.717, 1.165) is 30.9 Å². The molecule has 0 aromatic carbocycles. The summed E-state index contributed by atoms with van der Waals surface area (Å²) in [6, 6.07) is 0.750. The summed E-state index contributed by atoms with van der Waals surface area (Å²) >= 11 is 0. The summed E-state index contributed by atoms with van der Waals surface area (Å²) in [4.78, 5) is 7.10. The van der Waals surface area contributed by atoms with E-state index in [4.69, 9.17) is 0 Å². The Bertz CT molecular complexity index is 459. The molecule has 0 bridgehead atoms. The lowest BCUT2D eigenvalue weighted by Gasteiger charge is -2.48. The molecule has 1 aliphatic heterocycles. The molecule has 4 heteroatoms. The SMILES string of the molecule is CCC1(CC)CN(CCn2ccnc2C)C(C2CC2)CN1. The lowest BCUT2D eigenvalue weighted by atomic mass is 9.87. The Morgan fingerprint density at radius 1 is 1.29 bits per heavy atom. The molecule has 2 fully saturated rings. The van der Waals surface area contributed by atoms with E-state index in [9.17, 15) is 0 Å². The highest BCUT2D eigenvalue weighted by molar-refractivity contribution is 5.01. The number of rotatable bonds is 6. The van der Waals surface area contributed by atoms with Crippen LogP contribution in [0.2, 0.25) is 0 Å². The first-order valence-electron chi connectivity index (χ1n) is 8.64. The van der Waals surface area contributed by atoms with Crippen LogP contribution in [0.4, 0.5) is 0 Å². The number of aryl methyl sites for hydroxylation is 1. The van der Waals surface area contributed by atoms with Gasteiger partial charge in [-0.25, -0.2) is 4.98 Å². The molecular weight excluding hydrogens is 260 g/mol. The number of nitrogens with zero attached hydrogens (tertiary/aromatic N) is 3. The molecule has 0 amide bonds. The molecule has 1 atom stereocenters. The molecule has 1 aliphatic carbocycles. The fourth-order valence-electron chi connectivity index (χ4n) is 3.80. The third kappa shape index (κ3) is 3.16. The van der Waals surface area contributed by atoms with Gasteiger partial charge in [0.15, 0.2) is 0 Å². The Morgan fingerprint density at radius 2 is 2.05 bits per heavy atom. The van der Waals surface area contributed by atoms with Crippen molar-refractivity contribution in [2.24, 2.45) is 5.92 Å². The van der Waals surface area contributed by atoms with Crippen molar-refractivity contribution in [2.75, 3.05) is 19.6 Å². The number of imidazole rings is 1. The molecule has 1 aromatic rings. The zero-order chi connectivity index (χ0) is 14.9. The zero-order valence-electron chi connectivity index (χ0n) is 13.8. The number of hydrogen-bond acceptors (Lipinski definition) is 3. The van der Waals surface area contributed by atoms with E-state index in [1.54, 1.807) is 0 Å². The van der Waals surface area contributed by atoms with Crippen molar-refractivity contribution >= 4 is 0 Å². The molecule has 2 heterocycles. The minimum Gasteiger partial charge on any atom is -0.334 e. The van der Waals surface area contributed by atoms with Gasteiger partial charge in [-0.05, 0) is 38.5 Å². The zero-order valence-corrected chi connectivity index (χ0v) is 13.8. The first-order chi connectivity index (χ1) is 10.2. The van der Waals surface area contributed by atoms with Gasteiger partial charge in [-0.15, -0.1) is 0 Å². The smallest absolute Gasteiger partial charge is 0.105 e. The molecule has 21 heavy (non-hydrogen) atoms. The average molecular weight is 290 g/mol. The molecule has 118 valence electrons. The van der Waals surface area contributed by atoms with Crippen molar-refractivity contribution in [2.45, 2.75) is 64.6 Å². The van der Waals surface area contributed by atoms with Crippen LogP contribution in [0.15, 0.2) is 12.4 Å². The lowest BCUT2D eigenvalue weighted by Crippen LogP contribution is -2.64. The van der Waals surface area contributed by atoms with Crippen LogP contribution in [0, 0.1) is 12.8 Å². The largest absolute Gasteiger partial charge is 0.334 e.